The number of hydrogen-bond acceptors (Lipinski definition) is 11. The minimum atomic E-state index is -1.62. The van der Waals surface area contributed by atoms with Crippen molar-refractivity contribution in [1.82, 2.24) is 19.5 Å². The summed E-state index contributed by atoms with van der Waals surface area (Å²) in [5.41, 5.74) is 0.783. The predicted molar refractivity (Wildman–Crippen MR) is 95.2 cm³/mol. The van der Waals surface area contributed by atoms with Gasteiger partial charge in [-0.2, -0.15) is 0 Å². The number of rotatable bonds is 5. The number of imidazole rings is 1. The lowest BCUT2D eigenvalue weighted by Gasteiger charge is -2.39. The van der Waals surface area contributed by atoms with Gasteiger partial charge < -0.3 is 25.0 Å². The van der Waals surface area contributed by atoms with Crippen molar-refractivity contribution in [2.75, 3.05) is 31.8 Å². The van der Waals surface area contributed by atoms with Gasteiger partial charge in [-0.15, -0.1) is 0 Å². The molecule has 0 radical (unpaired) electrons. The summed E-state index contributed by atoms with van der Waals surface area (Å²) in [4.78, 5) is 25.0. The van der Waals surface area contributed by atoms with Crippen LogP contribution in [0.2, 0.25) is 0 Å². The average Bonchev–Trinajstić information content (AvgIpc) is 3.04. The van der Waals surface area contributed by atoms with E-state index in [9.17, 15) is 25.4 Å². The number of thioether (sulfide) groups is 1. The summed E-state index contributed by atoms with van der Waals surface area (Å²) in [7, 11) is 3.59. The SMILES string of the molecule is CSc1nc(N(C)C)c2ncn(C3OC(C[N+](=O)[O-])C(O)C(O)C3O)c2n1. The highest BCUT2D eigenvalue weighted by molar-refractivity contribution is 7.98. The van der Waals surface area contributed by atoms with Crippen molar-refractivity contribution in [2.24, 2.45) is 0 Å². The topological polar surface area (TPSA) is 160 Å². The molecule has 3 rings (SSSR count). The molecule has 0 saturated carbocycles. The standard InChI is InChI=1S/C14H20N6O6S/c1-18(2)11-7-12(17-14(16-11)27-3)19(5-15-7)13-10(23)9(22)8(21)6(26-13)4-20(24)25/h5-6,8-10,13,21-23H,4H2,1-3H3. The van der Waals surface area contributed by atoms with Crippen LogP contribution in [0.5, 0.6) is 0 Å². The van der Waals surface area contributed by atoms with Crippen LogP contribution in [0.1, 0.15) is 6.23 Å². The Morgan fingerprint density at radius 3 is 2.59 bits per heavy atom. The van der Waals surface area contributed by atoms with Crippen LogP contribution in [-0.2, 0) is 4.74 Å². The van der Waals surface area contributed by atoms with Gasteiger partial charge in [-0.25, -0.2) is 15.0 Å². The lowest BCUT2D eigenvalue weighted by atomic mass is 9.98. The maximum Gasteiger partial charge on any atom is 0.232 e. The molecule has 0 aromatic carbocycles. The second-order valence-electron chi connectivity index (χ2n) is 6.30. The van der Waals surface area contributed by atoms with Gasteiger partial charge in [-0.1, -0.05) is 11.8 Å². The maximum atomic E-state index is 10.8. The molecule has 3 N–H and O–H groups in total. The minimum Gasteiger partial charge on any atom is -0.387 e. The molecule has 1 saturated heterocycles. The van der Waals surface area contributed by atoms with Crippen LogP contribution in [0, 0.1) is 10.1 Å². The molecule has 5 unspecified atom stereocenters. The zero-order valence-corrected chi connectivity index (χ0v) is 15.6. The number of hydrogen-bond donors (Lipinski definition) is 3. The molecule has 5 atom stereocenters. The second kappa shape index (κ2) is 7.52. The lowest BCUT2D eigenvalue weighted by Crippen LogP contribution is -2.57. The molecule has 0 bridgehead atoms. The molecule has 148 valence electrons. The van der Waals surface area contributed by atoms with E-state index in [1.165, 1.54) is 22.7 Å². The number of nitro groups is 1. The van der Waals surface area contributed by atoms with E-state index in [1.54, 1.807) is 25.3 Å². The van der Waals surface area contributed by atoms with Crippen molar-refractivity contribution >= 4 is 28.7 Å². The monoisotopic (exact) mass is 400 g/mol. The van der Waals surface area contributed by atoms with E-state index in [-0.39, 0.29) is 0 Å². The van der Waals surface area contributed by atoms with Crippen LogP contribution in [-0.4, -0.2) is 91.1 Å². The van der Waals surface area contributed by atoms with Crippen LogP contribution < -0.4 is 4.90 Å². The Balaban J connectivity index is 2.07. The van der Waals surface area contributed by atoms with Crippen LogP contribution in [0.4, 0.5) is 5.82 Å². The highest BCUT2D eigenvalue weighted by atomic mass is 32.2. The van der Waals surface area contributed by atoms with Gasteiger partial charge >= 0.3 is 0 Å². The third kappa shape index (κ3) is 3.55. The predicted octanol–water partition coefficient (Wildman–Crippen LogP) is -1.13. The quantitative estimate of drug-likeness (QED) is 0.241. The molecule has 0 spiro atoms. The zero-order chi connectivity index (χ0) is 19.9. The third-order valence-corrected chi connectivity index (χ3v) is 4.83. The first-order chi connectivity index (χ1) is 12.7. The number of fused-ring (bicyclic) bond motifs is 1. The molecule has 3 heterocycles. The van der Waals surface area contributed by atoms with Crippen molar-refractivity contribution in [3.8, 4) is 0 Å². The number of ether oxygens (including phenoxy) is 1. The Kier molecular flexibility index (Phi) is 5.48. The highest BCUT2D eigenvalue weighted by Crippen LogP contribution is 2.32. The summed E-state index contributed by atoms with van der Waals surface area (Å²) < 4.78 is 6.94. The summed E-state index contributed by atoms with van der Waals surface area (Å²) in [6.45, 7) is -0.720. The maximum absolute atomic E-state index is 10.8. The van der Waals surface area contributed by atoms with E-state index in [4.69, 9.17) is 4.74 Å². The first kappa shape index (κ1) is 19.7. The molecule has 1 aliphatic rings. The van der Waals surface area contributed by atoms with E-state index in [2.05, 4.69) is 15.0 Å². The second-order valence-corrected chi connectivity index (χ2v) is 7.08. The molecule has 2 aromatic heterocycles. The van der Waals surface area contributed by atoms with Crippen molar-refractivity contribution in [1.29, 1.82) is 0 Å². The molecule has 12 nitrogen and oxygen atoms in total. The number of aromatic nitrogens is 4. The Morgan fingerprint density at radius 2 is 2.00 bits per heavy atom. The number of anilines is 1. The van der Waals surface area contributed by atoms with Gasteiger partial charge in [0.25, 0.3) is 0 Å². The van der Waals surface area contributed by atoms with Crippen LogP contribution in [0.25, 0.3) is 11.2 Å². The van der Waals surface area contributed by atoms with Crippen molar-refractivity contribution < 1.29 is 25.0 Å². The molecule has 0 amide bonds. The normalized spacial score (nSPS) is 28.4. The largest absolute Gasteiger partial charge is 0.387 e. The van der Waals surface area contributed by atoms with Gasteiger partial charge in [0.05, 0.1) is 6.33 Å². The van der Waals surface area contributed by atoms with Gasteiger partial charge in [-0.3, -0.25) is 14.7 Å². The average molecular weight is 400 g/mol. The van der Waals surface area contributed by atoms with Gasteiger partial charge in [0.1, 0.15) is 18.3 Å². The van der Waals surface area contributed by atoms with Gasteiger partial charge in [-0.05, 0) is 6.26 Å². The number of aliphatic hydroxyl groups excluding tert-OH is 3. The highest BCUT2D eigenvalue weighted by Gasteiger charge is 2.47. The molecule has 0 aliphatic carbocycles. The molecule has 13 heteroatoms. The smallest absolute Gasteiger partial charge is 0.232 e. The van der Waals surface area contributed by atoms with E-state index in [1.807, 2.05) is 0 Å². The fraction of sp³-hybridized carbons (Fsp3) is 0.643. The molecular weight excluding hydrogens is 380 g/mol. The number of nitrogens with zero attached hydrogens (tertiary/aromatic N) is 6. The van der Waals surface area contributed by atoms with Crippen molar-refractivity contribution in [3.05, 3.63) is 16.4 Å². The van der Waals surface area contributed by atoms with E-state index in [0.717, 1.165) is 0 Å². The molecular formula is C14H20N6O6S. The van der Waals surface area contributed by atoms with Crippen molar-refractivity contribution in [3.63, 3.8) is 0 Å². The first-order valence-corrected chi connectivity index (χ1v) is 9.24. The molecule has 2 aromatic rings. The van der Waals surface area contributed by atoms with E-state index >= 15 is 0 Å². The third-order valence-electron chi connectivity index (χ3n) is 4.28. The lowest BCUT2D eigenvalue weighted by molar-refractivity contribution is -0.500. The summed E-state index contributed by atoms with van der Waals surface area (Å²) in [5, 5.41) is 41.8. The minimum absolute atomic E-state index is 0.338. The summed E-state index contributed by atoms with van der Waals surface area (Å²) in [6.07, 6.45) is -4.09. The van der Waals surface area contributed by atoms with Gasteiger partial charge in [0.15, 0.2) is 34.5 Å². The van der Waals surface area contributed by atoms with Crippen LogP contribution in [0.15, 0.2) is 11.5 Å². The molecule has 1 fully saturated rings. The van der Waals surface area contributed by atoms with Crippen LogP contribution >= 0.6 is 11.8 Å². The van der Waals surface area contributed by atoms with Crippen molar-refractivity contribution in [2.45, 2.75) is 35.8 Å². The van der Waals surface area contributed by atoms with Gasteiger partial charge in [0.2, 0.25) is 6.54 Å². The Hall–Kier alpha value is -2.06. The fourth-order valence-corrected chi connectivity index (χ4v) is 3.29. The summed E-state index contributed by atoms with van der Waals surface area (Å²) in [5.74, 6) is 0.552. The fourth-order valence-electron chi connectivity index (χ4n) is 2.93. The zero-order valence-electron chi connectivity index (χ0n) is 14.8. The first-order valence-electron chi connectivity index (χ1n) is 8.02. The number of aliphatic hydroxyl groups is 3. The Bertz CT molecular complexity index is 847. The van der Waals surface area contributed by atoms with Crippen LogP contribution in [0.3, 0.4) is 0 Å². The summed E-state index contributed by atoms with van der Waals surface area (Å²) in [6, 6.07) is 0. The summed E-state index contributed by atoms with van der Waals surface area (Å²) >= 11 is 1.31. The molecule has 1 aliphatic heterocycles. The molecule has 27 heavy (non-hydrogen) atoms. The Morgan fingerprint density at radius 1 is 1.30 bits per heavy atom. The van der Waals surface area contributed by atoms with Gasteiger partial charge in [0, 0.05) is 19.0 Å². The van der Waals surface area contributed by atoms with E-state index < -0.39 is 42.1 Å². The Labute approximate surface area is 158 Å². The van der Waals surface area contributed by atoms with E-state index in [0.29, 0.717) is 22.1 Å².